The van der Waals surface area contributed by atoms with Crippen molar-refractivity contribution in [2.75, 3.05) is 0 Å². The molecule has 1 aliphatic carbocycles. The third kappa shape index (κ3) is 1.75. The molecule has 0 radical (unpaired) electrons. The first-order valence-electron chi connectivity index (χ1n) is 4.10. The van der Waals surface area contributed by atoms with E-state index in [0.29, 0.717) is 10.5 Å². The summed E-state index contributed by atoms with van der Waals surface area (Å²) in [5, 5.41) is 0.567. The molecule has 0 aliphatic heterocycles. The smallest absolute Gasteiger partial charge is 0.114 e. The summed E-state index contributed by atoms with van der Waals surface area (Å²) in [7, 11) is 5.29. The summed E-state index contributed by atoms with van der Waals surface area (Å²) in [6.45, 7) is 7.03. The SMILES string of the molecule is BC1(P)CC(C(C)(C)C)C1. The highest BCUT2D eigenvalue weighted by molar-refractivity contribution is 7.22. The molecule has 1 rings (SSSR count). The summed E-state index contributed by atoms with van der Waals surface area (Å²) in [5.74, 6) is 0.954. The Balaban J connectivity index is 2.40. The highest BCUT2D eigenvalue weighted by Gasteiger charge is 2.41. The van der Waals surface area contributed by atoms with Gasteiger partial charge in [0.2, 0.25) is 0 Å². The fourth-order valence-corrected chi connectivity index (χ4v) is 2.25. The summed E-state index contributed by atoms with van der Waals surface area (Å²) in [6.07, 6.45) is 2.78. The van der Waals surface area contributed by atoms with Gasteiger partial charge in [-0.25, -0.2) is 0 Å². The summed E-state index contributed by atoms with van der Waals surface area (Å²) in [5.41, 5.74) is 0.538. The van der Waals surface area contributed by atoms with E-state index in [0.717, 1.165) is 5.92 Å². The lowest BCUT2D eigenvalue weighted by Gasteiger charge is -2.49. The third-order valence-corrected chi connectivity index (χ3v) is 3.12. The third-order valence-electron chi connectivity index (χ3n) is 2.65. The van der Waals surface area contributed by atoms with Crippen LogP contribution in [0.1, 0.15) is 33.6 Å². The van der Waals surface area contributed by atoms with Crippen molar-refractivity contribution in [3.05, 3.63) is 0 Å². The van der Waals surface area contributed by atoms with Gasteiger partial charge in [0.25, 0.3) is 0 Å². The zero-order valence-corrected chi connectivity index (χ0v) is 8.72. The lowest BCUT2D eigenvalue weighted by atomic mass is 9.56. The van der Waals surface area contributed by atoms with Gasteiger partial charge in [-0.15, -0.1) is 9.24 Å². The first-order valence-corrected chi connectivity index (χ1v) is 4.68. The fraction of sp³-hybridized carbons (Fsp3) is 1.00. The van der Waals surface area contributed by atoms with Crippen LogP contribution < -0.4 is 0 Å². The van der Waals surface area contributed by atoms with Gasteiger partial charge in [0.15, 0.2) is 0 Å². The molecule has 1 unspecified atom stereocenters. The molecule has 0 amide bonds. The van der Waals surface area contributed by atoms with Crippen LogP contribution in [-0.2, 0) is 0 Å². The topological polar surface area (TPSA) is 0 Å². The number of rotatable bonds is 0. The zero-order chi connectivity index (χ0) is 7.99. The minimum absolute atomic E-state index is 0.538. The van der Waals surface area contributed by atoms with E-state index in [1.54, 1.807) is 0 Å². The van der Waals surface area contributed by atoms with Gasteiger partial charge in [-0.2, -0.15) is 0 Å². The van der Waals surface area contributed by atoms with E-state index in [1.807, 2.05) is 0 Å². The predicted octanol–water partition coefficient (Wildman–Crippen LogP) is 1.65. The molecule has 10 heavy (non-hydrogen) atoms. The van der Waals surface area contributed by atoms with Crippen molar-refractivity contribution in [1.29, 1.82) is 0 Å². The molecule has 0 aromatic heterocycles. The van der Waals surface area contributed by atoms with Crippen molar-refractivity contribution in [2.45, 2.75) is 38.7 Å². The van der Waals surface area contributed by atoms with Gasteiger partial charge >= 0.3 is 0 Å². The summed E-state index contributed by atoms with van der Waals surface area (Å²) >= 11 is 0. The molecule has 0 saturated heterocycles. The van der Waals surface area contributed by atoms with Gasteiger partial charge in [0.1, 0.15) is 7.85 Å². The van der Waals surface area contributed by atoms with E-state index in [9.17, 15) is 0 Å². The molecule has 0 aromatic rings. The van der Waals surface area contributed by atoms with Gasteiger partial charge in [0, 0.05) is 0 Å². The first kappa shape index (κ1) is 8.59. The van der Waals surface area contributed by atoms with Crippen LogP contribution >= 0.6 is 9.24 Å². The van der Waals surface area contributed by atoms with Crippen molar-refractivity contribution in [1.82, 2.24) is 0 Å². The average Bonchev–Trinajstić information content (AvgIpc) is 1.56. The van der Waals surface area contributed by atoms with Crippen LogP contribution in [0.15, 0.2) is 0 Å². The van der Waals surface area contributed by atoms with E-state index in [4.69, 9.17) is 0 Å². The summed E-state index contributed by atoms with van der Waals surface area (Å²) < 4.78 is 0. The fourth-order valence-electron chi connectivity index (χ4n) is 1.68. The van der Waals surface area contributed by atoms with Gasteiger partial charge in [-0.3, -0.25) is 0 Å². The predicted molar refractivity (Wildman–Crippen MR) is 53.2 cm³/mol. The Labute approximate surface area is 67.8 Å². The largest absolute Gasteiger partial charge is 0.140 e. The molecule has 0 aromatic carbocycles. The van der Waals surface area contributed by atoms with Crippen LogP contribution in [0.3, 0.4) is 0 Å². The van der Waals surface area contributed by atoms with E-state index in [-0.39, 0.29) is 0 Å². The quantitative estimate of drug-likeness (QED) is 0.369. The molecule has 1 atom stereocenters. The first-order chi connectivity index (χ1) is 4.31. The molecule has 0 N–H and O–H groups in total. The van der Waals surface area contributed by atoms with Gasteiger partial charge in [0.05, 0.1) is 0 Å². The maximum absolute atomic E-state index is 2.96. The Bertz CT molecular complexity index is 127. The van der Waals surface area contributed by atoms with Crippen molar-refractivity contribution in [2.24, 2.45) is 11.3 Å². The van der Waals surface area contributed by atoms with Crippen molar-refractivity contribution < 1.29 is 0 Å². The molecule has 0 spiro atoms. The molecule has 58 valence electrons. The van der Waals surface area contributed by atoms with E-state index >= 15 is 0 Å². The Hall–Kier alpha value is 0.495. The molecular formula is C8H18BP. The minimum atomic E-state index is 0.538. The lowest BCUT2D eigenvalue weighted by molar-refractivity contribution is 0.132. The lowest BCUT2D eigenvalue weighted by Crippen LogP contribution is -2.44. The highest BCUT2D eigenvalue weighted by Crippen LogP contribution is 2.50. The van der Waals surface area contributed by atoms with Crippen LogP contribution in [0.5, 0.6) is 0 Å². The van der Waals surface area contributed by atoms with Crippen LogP contribution in [0, 0.1) is 11.3 Å². The molecule has 0 heterocycles. The van der Waals surface area contributed by atoms with Crippen LogP contribution in [0.25, 0.3) is 0 Å². The number of hydrogen-bond donors (Lipinski definition) is 0. The zero-order valence-electron chi connectivity index (χ0n) is 7.57. The number of hydrogen-bond acceptors (Lipinski definition) is 0. The van der Waals surface area contributed by atoms with Crippen LogP contribution in [0.4, 0.5) is 0 Å². The molecule has 1 aliphatic rings. The van der Waals surface area contributed by atoms with Gasteiger partial charge < -0.3 is 0 Å². The Morgan fingerprint density at radius 3 is 1.90 bits per heavy atom. The normalized spacial score (nSPS) is 41.0. The molecular weight excluding hydrogens is 138 g/mol. The van der Waals surface area contributed by atoms with Crippen LogP contribution in [-0.4, -0.2) is 12.9 Å². The molecule has 1 fully saturated rings. The summed E-state index contributed by atoms with van der Waals surface area (Å²) in [6, 6.07) is 0. The van der Waals surface area contributed by atoms with E-state index in [1.165, 1.54) is 12.8 Å². The highest BCUT2D eigenvalue weighted by atomic mass is 31.0. The van der Waals surface area contributed by atoms with Crippen molar-refractivity contribution >= 4 is 17.1 Å². The molecule has 2 heteroatoms. The van der Waals surface area contributed by atoms with E-state index < -0.39 is 0 Å². The van der Waals surface area contributed by atoms with Crippen LogP contribution in [0.2, 0.25) is 0 Å². The maximum Gasteiger partial charge on any atom is 0.114 e. The molecule has 0 bridgehead atoms. The Morgan fingerprint density at radius 2 is 1.80 bits per heavy atom. The monoisotopic (exact) mass is 156 g/mol. The van der Waals surface area contributed by atoms with E-state index in [2.05, 4.69) is 37.9 Å². The maximum atomic E-state index is 2.96. The second kappa shape index (κ2) is 2.24. The van der Waals surface area contributed by atoms with Crippen molar-refractivity contribution in [3.63, 3.8) is 0 Å². The van der Waals surface area contributed by atoms with Gasteiger partial charge in [-0.1, -0.05) is 20.8 Å². The summed E-state index contributed by atoms with van der Waals surface area (Å²) in [4.78, 5) is 0. The standard InChI is InChI=1S/C8H18BP/c1-7(2,3)6-4-8(9,10)5-6/h6H,4-5,9-10H2,1-3H3. The second-order valence-electron chi connectivity index (χ2n) is 5.13. The average molecular weight is 156 g/mol. The Kier molecular flexibility index (Phi) is 1.92. The second-order valence-corrected chi connectivity index (χ2v) is 6.52. The molecule has 1 saturated carbocycles. The van der Waals surface area contributed by atoms with Gasteiger partial charge in [-0.05, 0) is 29.2 Å². The molecule has 0 nitrogen and oxygen atoms in total. The van der Waals surface area contributed by atoms with Crippen molar-refractivity contribution in [3.8, 4) is 0 Å². The minimum Gasteiger partial charge on any atom is -0.140 e. The Morgan fingerprint density at radius 1 is 1.40 bits per heavy atom.